The van der Waals surface area contributed by atoms with Crippen molar-refractivity contribution < 1.29 is 0 Å². The number of aryl methyl sites for hydroxylation is 1. The first kappa shape index (κ1) is 13.7. The Morgan fingerprint density at radius 3 is 2.75 bits per heavy atom. The van der Waals surface area contributed by atoms with E-state index in [2.05, 4.69) is 22.2 Å². The second-order valence-electron chi connectivity index (χ2n) is 6.80. The van der Waals surface area contributed by atoms with Crippen LogP contribution in [0, 0.1) is 18.3 Å². The summed E-state index contributed by atoms with van der Waals surface area (Å²) in [5.41, 5.74) is 1.80. The summed E-state index contributed by atoms with van der Waals surface area (Å²) < 4.78 is 0. The van der Waals surface area contributed by atoms with Crippen LogP contribution in [0.2, 0.25) is 0 Å². The van der Waals surface area contributed by atoms with Crippen LogP contribution in [0.4, 0.5) is 11.8 Å². The van der Waals surface area contributed by atoms with E-state index >= 15 is 0 Å². The fraction of sp³-hybridized carbons (Fsp3) is 0.750. The third-order valence-corrected chi connectivity index (χ3v) is 5.08. The van der Waals surface area contributed by atoms with Gasteiger partial charge in [-0.2, -0.15) is 4.98 Å². The molecule has 3 rings (SSSR count). The molecular formula is C16H26N4. The van der Waals surface area contributed by atoms with Crippen LogP contribution in [-0.2, 0) is 0 Å². The number of hydrogen-bond donors (Lipinski definition) is 1. The van der Waals surface area contributed by atoms with E-state index in [0.29, 0.717) is 5.41 Å². The predicted octanol–water partition coefficient (Wildman–Crippen LogP) is 3.23. The summed E-state index contributed by atoms with van der Waals surface area (Å²) in [4.78, 5) is 11.1. The maximum atomic E-state index is 4.61. The average Bonchev–Trinajstić information content (AvgIpc) is 3.10. The first-order valence-corrected chi connectivity index (χ1v) is 7.86. The molecule has 4 nitrogen and oxygen atoms in total. The molecule has 1 heterocycles. The summed E-state index contributed by atoms with van der Waals surface area (Å²) >= 11 is 0. The first-order chi connectivity index (χ1) is 9.61. The quantitative estimate of drug-likeness (QED) is 0.915. The second-order valence-corrected chi connectivity index (χ2v) is 6.80. The Morgan fingerprint density at radius 2 is 2.05 bits per heavy atom. The zero-order chi connectivity index (χ0) is 14.2. The van der Waals surface area contributed by atoms with E-state index < -0.39 is 0 Å². The minimum absolute atomic E-state index is 0.681. The van der Waals surface area contributed by atoms with E-state index in [9.17, 15) is 0 Å². The normalized spacial score (nSPS) is 23.6. The molecule has 20 heavy (non-hydrogen) atoms. The third kappa shape index (κ3) is 2.60. The summed E-state index contributed by atoms with van der Waals surface area (Å²) in [6.45, 7) is 3.09. The minimum Gasteiger partial charge on any atom is -0.362 e. The van der Waals surface area contributed by atoms with Gasteiger partial charge in [-0.3, -0.25) is 0 Å². The van der Waals surface area contributed by atoms with Crippen molar-refractivity contribution in [2.24, 2.45) is 11.3 Å². The lowest BCUT2D eigenvalue weighted by Crippen LogP contribution is -2.17. The Hall–Kier alpha value is -1.32. The Kier molecular flexibility index (Phi) is 3.57. The van der Waals surface area contributed by atoms with E-state index in [4.69, 9.17) is 0 Å². The highest BCUT2D eigenvalue weighted by Crippen LogP contribution is 2.61. The van der Waals surface area contributed by atoms with Gasteiger partial charge in [-0.05, 0) is 37.5 Å². The number of aromatic nitrogens is 2. The van der Waals surface area contributed by atoms with Crippen molar-refractivity contribution in [1.82, 2.24) is 9.97 Å². The number of anilines is 2. The molecule has 0 saturated heterocycles. The van der Waals surface area contributed by atoms with Gasteiger partial charge in [0.25, 0.3) is 0 Å². The maximum Gasteiger partial charge on any atom is 0.224 e. The van der Waals surface area contributed by atoms with E-state index in [1.54, 1.807) is 0 Å². The molecule has 2 aliphatic rings. The Balaban J connectivity index is 1.58. The van der Waals surface area contributed by atoms with Gasteiger partial charge in [0.15, 0.2) is 0 Å². The predicted molar refractivity (Wildman–Crippen MR) is 83.2 cm³/mol. The number of nitrogens with one attached hydrogen (secondary N) is 1. The zero-order valence-corrected chi connectivity index (χ0v) is 12.9. The molecule has 1 N–H and O–H groups in total. The molecule has 1 aromatic rings. The third-order valence-electron chi connectivity index (χ3n) is 5.08. The highest BCUT2D eigenvalue weighted by atomic mass is 15.2. The molecule has 0 aliphatic heterocycles. The SMILES string of the molecule is Cc1cnc(NCC2CC23CCCCC3)nc1N(C)C. The maximum absolute atomic E-state index is 4.61. The standard InChI is InChI=1S/C16H26N4/c1-12-10-17-15(19-14(12)20(2)3)18-11-13-9-16(13)7-5-4-6-8-16/h10,13H,4-9,11H2,1-3H3,(H,17,18,19). The Morgan fingerprint density at radius 1 is 1.30 bits per heavy atom. The lowest BCUT2D eigenvalue weighted by molar-refractivity contribution is 0.311. The van der Waals surface area contributed by atoms with Crippen LogP contribution in [0.25, 0.3) is 0 Å². The van der Waals surface area contributed by atoms with Crippen molar-refractivity contribution in [3.63, 3.8) is 0 Å². The monoisotopic (exact) mass is 274 g/mol. The van der Waals surface area contributed by atoms with Gasteiger partial charge in [0, 0.05) is 32.4 Å². The number of hydrogen-bond acceptors (Lipinski definition) is 4. The van der Waals surface area contributed by atoms with Gasteiger partial charge in [-0.15, -0.1) is 0 Å². The first-order valence-electron chi connectivity index (χ1n) is 7.86. The van der Waals surface area contributed by atoms with Crippen molar-refractivity contribution >= 4 is 11.8 Å². The van der Waals surface area contributed by atoms with Crippen molar-refractivity contribution in [3.8, 4) is 0 Å². The van der Waals surface area contributed by atoms with Crippen molar-refractivity contribution in [1.29, 1.82) is 0 Å². The number of nitrogens with zero attached hydrogens (tertiary/aromatic N) is 3. The lowest BCUT2D eigenvalue weighted by atomic mass is 9.84. The topological polar surface area (TPSA) is 41.1 Å². The van der Waals surface area contributed by atoms with Gasteiger partial charge in [0.05, 0.1) is 0 Å². The van der Waals surface area contributed by atoms with Gasteiger partial charge in [-0.25, -0.2) is 4.98 Å². The van der Waals surface area contributed by atoms with Crippen LogP contribution < -0.4 is 10.2 Å². The molecule has 0 aromatic carbocycles. The van der Waals surface area contributed by atoms with Crippen LogP contribution in [-0.4, -0.2) is 30.6 Å². The van der Waals surface area contributed by atoms with Crippen LogP contribution >= 0.6 is 0 Å². The van der Waals surface area contributed by atoms with E-state index in [1.807, 2.05) is 25.2 Å². The zero-order valence-electron chi connectivity index (χ0n) is 12.9. The Bertz CT molecular complexity index is 477. The van der Waals surface area contributed by atoms with Gasteiger partial charge < -0.3 is 10.2 Å². The van der Waals surface area contributed by atoms with Gasteiger partial charge in [0.1, 0.15) is 5.82 Å². The fourth-order valence-electron chi connectivity index (χ4n) is 3.77. The molecule has 1 atom stereocenters. The smallest absolute Gasteiger partial charge is 0.224 e. The lowest BCUT2D eigenvalue weighted by Gasteiger charge is -2.22. The molecule has 1 spiro atoms. The van der Waals surface area contributed by atoms with Crippen LogP contribution in [0.1, 0.15) is 44.1 Å². The molecule has 110 valence electrons. The van der Waals surface area contributed by atoms with Crippen molar-refractivity contribution in [3.05, 3.63) is 11.8 Å². The summed E-state index contributed by atoms with van der Waals surface area (Å²) in [6.07, 6.45) is 10.5. The molecular weight excluding hydrogens is 248 g/mol. The highest BCUT2D eigenvalue weighted by molar-refractivity contribution is 5.47. The average molecular weight is 274 g/mol. The van der Waals surface area contributed by atoms with Gasteiger partial charge in [-0.1, -0.05) is 19.3 Å². The van der Waals surface area contributed by atoms with E-state index in [1.165, 1.54) is 38.5 Å². The molecule has 4 heteroatoms. The number of rotatable bonds is 4. The molecule has 0 bridgehead atoms. The summed E-state index contributed by atoms with van der Waals surface area (Å²) in [6, 6.07) is 0. The molecule has 2 fully saturated rings. The Labute approximate surface area is 122 Å². The van der Waals surface area contributed by atoms with E-state index in [0.717, 1.165) is 29.8 Å². The molecule has 2 saturated carbocycles. The molecule has 0 amide bonds. The summed E-state index contributed by atoms with van der Waals surface area (Å²) in [7, 11) is 4.05. The second kappa shape index (κ2) is 5.23. The van der Waals surface area contributed by atoms with Crippen molar-refractivity contribution in [2.75, 3.05) is 30.9 Å². The van der Waals surface area contributed by atoms with Crippen LogP contribution in [0.3, 0.4) is 0 Å². The van der Waals surface area contributed by atoms with E-state index in [-0.39, 0.29) is 0 Å². The highest BCUT2D eigenvalue weighted by Gasteiger charge is 2.53. The fourth-order valence-corrected chi connectivity index (χ4v) is 3.77. The van der Waals surface area contributed by atoms with Crippen LogP contribution in [0.5, 0.6) is 0 Å². The molecule has 0 radical (unpaired) electrons. The van der Waals surface area contributed by atoms with Gasteiger partial charge in [0.2, 0.25) is 5.95 Å². The van der Waals surface area contributed by atoms with Gasteiger partial charge >= 0.3 is 0 Å². The molecule has 2 aliphatic carbocycles. The summed E-state index contributed by atoms with van der Waals surface area (Å²) in [5, 5.41) is 3.45. The largest absolute Gasteiger partial charge is 0.362 e. The molecule has 1 unspecified atom stereocenters. The van der Waals surface area contributed by atoms with Crippen molar-refractivity contribution in [2.45, 2.75) is 45.4 Å². The molecule has 1 aromatic heterocycles. The minimum atomic E-state index is 0.681. The van der Waals surface area contributed by atoms with Crippen LogP contribution in [0.15, 0.2) is 6.20 Å². The summed E-state index contributed by atoms with van der Waals surface area (Å²) in [5.74, 6) is 2.62.